The minimum absolute atomic E-state index is 0.108. The first-order chi connectivity index (χ1) is 9.74. The number of aliphatic hydroxyl groups excluding tert-OH is 1. The van der Waals surface area contributed by atoms with Crippen molar-refractivity contribution in [2.24, 2.45) is 5.92 Å². The first-order valence-electron chi connectivity index (χ1n) is 7.21. The van der Waals surface area contributed by atoms with Crippen LogP contribution in [0, 0.1) is 5.92 Å². The number of nitrogens with zero attached hydrogens (tertiary/aromatic N) is 3. The number of fused-ring (bicyclic) bond motifs is 1. The number of hydrogen-bond donors (Lipinski definition) is 1. The van der Waals surface area contributed by atoms with Crippen molar-refractivity contribution >= 4 is 10.9 Å². The summed E-state index contributed by atoms with van der Waals surface area (Å²) in [5.41, 5.74) is 0.488. The van der Waals surface area contributed by atoms with E-state index in [9.17, 15) is 9.90 Å². The summed E-state index contributed by atoms with van der Waals surface area (Å²) in [4.78, 5) is 20.5. The van der Waals surface area contributed by atoms with E-state index in [1.54, 1.807) is 18.5 Å². The topological polar surface area (TPSA) is 68.0 Å². The van der Waals surface area contributed by atoms with Gasteiger partial charge in [0.2, 0.25) is 0 Å². The van der Waals surface area contributed by atoms with E-state index < -0.39 is 6.10 Å². The van der Waals surface area contributed by atoms with Crippen LogP contribution in [0.3, 0.4) is 0 Å². The Morgan fingerprint density at radius 1 is 1.40 bits per heavy atom. The molecule has 106 valence electrons. The van der Waals surface area contributed by atoms with Crippen molar-refractivity contribution in [3.63, 3.8) is 0 Å². The van der Waals surface area contributed by atoms with Crippen LogP contribution in [0.2, 0.25) is 0 Å². The maximum Gasteiger partial charge on any atom is 0.261 e. The summed E-state index contributed by atoms with van der Waals surface area (Å²) in [7, 11) is 0. The van der Waals surface area contributed by atoms with Gasteiger partial charge in [-0.05, 0) is 18.4 Å². The predicted molar refractivity (Wildman–Crippen MR) is 76.4 cm³/mol. The SMILES string of the molecule is O=c1c2ccncc2ncn1CC(O)CC1CCCC1. The second kappa shape index (κ2) is 5.71. The molecule has 20 heavy (non-hydrogen) atoms. The fourth-order valence-electron chi connectivity index (χ4n) is 3.07. The summed E-state index contributed by atoms with van der Waals surface area (Å²) in [6, 6.07) is 1.67. The molecule has 0 amide bonds. The molecule has 2 aromatic rings. The van der Waals surface area contributed by atoms with Gasteiger partial charge in [-0.2, -0.15) is 0 Å². The molecule has 0 aromatic carbocycles. The molecule has 1 unspecified atom stereocenters. The van der Waals surface area contributed by atoms with Gasteiger partial charge in [0.15, 0.2) is 0 Å². The Balaban J connectivity index is 1.76. The highest BCUT2D eigenvalue weighted by atomic mass is 16.3. The monoisotopic (exact) mass is 273 g/mol. The van der Waals surface area contributed by atoms with E-state index in [1.165, 1.54) is 36.6 Å². The first-order valence-corrected chi connectivity index (χ1v) is 7.21. The Bertz CT molecular complexity index is 647. The lowest BCUT2D eigenvalue weighted by molar-refractivity contribution is 0.123. The zero-order valence-electron chi connectivity index (χ0n) is 11.4. The minimum Gasteiger partial charge on any atom is -0.391 e. The molecule has 1 N–H and O–H groups in total. The minimum atomic E-state index is -0.475. The lowest BCUT2D eigenvalue weighted by atomic mass is 10.00. The van der Waals surface area contributed by atoms with Crippen LogP contribution in [0.4, 0.5) is 0 Å². The Labute approximate surface area is 117 Å². The number of rotatable bonds is 4. The molecule has 3 rings (SSSR count). The molecule has 0 bridgehead atoms. The Hall–Kier alpha value is -1.75. The molecule has 1 aliphatic rings. The third-order valence-electron chi connectivity index (χ3n) is 4.12. The standard InChI is InChI=1S/C15H19N3O2/c19-12(7-11-3-1-2-4-11)9-18-10-17-14-8-16-6-5-13(14)15(18)20/h5-6,8,10-12,19H,1-4,7,9H2. The zero-order chi connectivity index (χ0) is 13.9. The molecular formula is C15H19N3O2. The normalized spacial score (nSPS) is 17.6. The molecule has 5 nitrogen and oxygen atoms in total. The summed E-state index contributed by atoms with van der Waals surface area (Å²) >= 11 is 0. The number of hydrogen-bond acceptors (Lipinski definition) is 4. The second-order valence-corrected chi connectivity index (χ2v) is 5.63. The smallest absolute Gasteiger partial charge is 0.261 e. The molecule has 1 saturated carbocycles. The highest BCUT2D eigenvalue weighted by Crippen LogP contribution is 2.28. The van der Waals surface area contributed by atoms with Crippen molar-refractivity contribution in [2.75, 3.05) is 0 Å². The molecule has 1 aliphatic carbocycles. The van der Waals surface area contributed by atoms with Crippen molar-refractivity contribution in [1.29, 1.82) is 0 Å². The van der Waals surface area contributed by atoms with Crippen molar-refractivity contribution in [1.82, 2.24) is 14.5 Å². The van der Waals surface area contributed by atoms with Gasteiger partial charge in [0.05, 0.1) is 36.1 Å². The summed E-state index contributed by atoms with van der Waals surface area (Å²) in [6.45, 7) is 0.320. The van der Waals surface area contributed by atoms with Crippen LogP contribution in [0.5, 0.6) is 0 Å². The van der Waals surface area contributed by atoms with E-state index in [2.05, 4.69) is 9.97 Å². The van der Waals surface area contributed by atoms with Gasteiger partial charge in [0.1, 0.15) is 0 Å². The molecule has 2 aromatic heterocycles. The largest absolute Gasteiger partial charge is 0.391 e. The van der Waals surface area contributed by atoms with E-state index in [1.807, 2.05) is 0 Å². The lowest BCUT2D eigenvalue weighted by Gasteiger charge is -2.16. The van der Waals surface area contributed by atoms with Gasteiger partial charge in [-0.15, -0.1) is 0 Å². The first kappa shape index (κ1) is 13.2. The fourth-order valence-corrected chi connectivity index (χ4v) is 3.07. The third-order valence-corrected chi connectivity index (χ3v) is 4.12. The van der Waals surface area contributed by atoms with Crippen LogP contribution in [-0.4, -0.2) is 25.7 Å². The average molecular weight is 273 g/mol. The number of aromatic nitrogens is 3. The summed E-state index contributed by atoms with van der Waals surface area (Å²) in [5, 5.41) is 10.7. The van der Waals surface area contributed by atoms with E-state index in [4.69, 9.17) is 0 Å². The van der Waals surface area contributed by atoms with Gasteiger partial charge in [0, 0.05) is 6.20 Å². The summed E-state index contributed by atoms with van der Waals surface area (Å²) in [5.74, 6) is 0.610. The number of aliphatic hydroxyl groups is 1. The lowest BCUT2D eigenvalue weighted by Crippen LogP contribution is -2.28. The highest BCUT2D eigenvalue weighted by Gasteiger charge is 2.19. The fraction of sp³-hybridized carbons (Fsp3) is 0.533. The maximum absolute atomic E-state index is 12.3. The van der Waals surface area contributed by atoms with Crippen LogP contribution in [0.25, 0.3) is 10.9 Å². The Morgan fingerprint density at radius 2 is 2.20 bits per heavy atom. The van der Waals surface area contributed by atoms with Crippen molar-refractivity contribution in [3.05, 3.63) is 35.1 Å². The second-order valence-electron chi connectivity index (χ2n) is 5.63. The van der Waals surface area contributed by atoms with Crippen LogP contribution in [0.1, 0.15) is 32.1 Å². The van der Waals surface area contributed by atoms with E-state index in [-0.39, 0.29) is 5.56 Å². The van der Waals surface area contributed by atoms with Crippen LogP contribution >= 0.6 is 0 Å². The van der Waals surface area contributed by atoms with Crippen LogP contribution in [0.15, 0.2) is 29.6 Å². The van der Waals surface area contributed by atoms with Gasteiger partial charge in [-0.25, -0.2) is 4.98 Å². The van der Waals surface area contributed by atoms with Gasteiger partial charge < -0.3 is 5.11 Å². The third kappa shape index (κ3) is 2.72. The van der Waals surface area contributed by atoms with Crippen LogP contribution < -0.4 is 5.56 Å². The highest BCUT2D eigenvalue weighted by molar-refractivity contribution is 5.75. The van der Waals surface area contributed by atoms with Gasteiger partial charge in [-0.3, -0.25) is 14.3 Å². The molecular weight excluding hydrogens is 254 g/mol. The number of pyridine rings is 1. The zero-order valence-corrected chi connectivity index (χ0v) is 11.4. The van der Waals surface area contributed by atoms with Crippen molar-refractivity contribution in [2.45, 2.75) is 44.8 Å². The summed E-state index contributed by atoms with van der Waals surface area (Å²) < 4.78 is 1.50. The van der Waals surface area contributed by atoms with E-state index in [0.717, 1.165) is 6.42 Å². The molecule has 0 spiro atoms. The molecule has 1 fully saturated rings. The maximum atomic E-state index is 12.3. The van der Waals surface area contributed by atoms with Crippen LogP contribution in [-0.2, 0) is 6.54 Å². The molecule has 1 atom stereocenters. The Morgan fingerprint density at radius 3 is 3.00 bits per heavy atom. The van der Waals surface area contributed by atoms with Gasteiger partial charge >= 0.3 is 0 Å². The van der Waals surface area contributed by atoms with E-state index >= 15 is 0 Å². The van der Waals surface area contributed by atoms with Gasteiger partial charge in [-0.1, -0.05) is 25.7 Å². The molecule has 0 saturated heterocycles. The molecule has 0 aliphatic heterocycles. The average Bonchev–Trinajstić information content (AvgIpc) is 2.95. The quantitative estimate of drug-likeness (QED) is 0.921. The predicted octanol–water partition coefficient (Wildman–Crippen LogP) is 1.73. The summed E-state index contributed by atoms with van der Waals surface area (Å²) in [6.07, 6.45) is 9.91. The van der Waals surface area contributed by atoms with Crippen molar-refractivity contribution < 1.29 is 5.11 Å². The molecule has 2 heterocycles. The molecule has 0 radical (unpaired) electrons. The molecule has 5 heteroatoms. The van der Waals surface area contributed by atoms with Crippen molar-refractivity contribution in [3.8, 4) is 0 Å². The Kier molecular flexibility index (Phi) is 3.78. The van der Waals surface area contributed by atoms with E-state index in [0.29, 0.717) is 23.4 Å². The van der Waals surface area contributed by atoms with Gasteiger partial charge in [0.25, 0.3) is 5.56 Å².